The molecule has 1 aromatic carbocycles. The third-order valence-electron chi connectivity index (χ3n) is 8.74. The number of hydrogen-bond donors (Lipinski definition) is 0. The summed E-state index contributed by atoms with van der Waals surface area (Å²) in [4.78, 5) is 44.2. The first kappa shape index (κ1) is 33.0. The maximum Gasteiger partial charge on any atom is 0.333 e. The van der Waals surface area contributed by atoms with E-state index in [1.165, 1.54) is 72.3 Å². The summed E-state index contributed by atoms with van der Waals surface area (Å²) in [5.74, 6) is -0.842. The van der Waals surface area contributed by atoms with Crippen LogP contribution < -0.4 is 16.0 Å². The number of halogens is 1. The van der Waals surface area contributed by atoms with Crippen LogP contribution in [0.3, 0.4) is 0 Å². The van der Waals surface area contributed by atoms with Gasteiger partial charge < -0.3 is 18.9 Å². The molecule has 2 fully saturated rings. The van der Waals surface area contributed by atoms with Crippen molar-refractivity contribution < 1.29 is 28.1 Å². The Labute approximate surface area is 275 Å². The zero-order valence-electron chi connectivity index (χ0n) is 27.6. The first-order valence-electron chi connectivity index (χ1n) is 15.7. The predicted molar refractivity (Wildman–Crippen MR) is 173 cm³/mol. The summed E-state index contributed by atoms with van der Waals surface area (Å²) in [5.41, 5.74) is -2.99. The van der Waals surface area contributed by atoms with E-state index in [-0.39, 0.29) is 30.2 Å². The number of ether oxygens (including phenoxy) is 4. The number of methoxy groups -OCH3 is 1. The van der Waals surface area contributed by atoms with Gasteiger partial charge in [0.2, 0.25) is 0 Å². The lowest BCUT2D eigenvalue weighted by Crippen LogP contribution is -2.54. The Kier molecular flexibility index (Phi) is 8.64. The number of rotatable bonds is 9. The standard InChI is InChI=1S/C33H40FN5O7S/c1-18-26-27(40)38(33(5,6)30(41)46-32(2,3)4)31(42)37(29(26)47-28(18)39-35-12-13-36-39)17-25(23-14-19(34)8-11-24(23)43-7)45-22-15-20-9-10-21(16-22)44-20/h8,11-14,20-22,25H,9-10,15-17H2,1-7H3/t20-,21+,22?,25?. The number of hydrogen-bond acceptors (Lipinski definition) is 10. The minimum Gasteiger partial charge on any atom is -0.496 e. The molecule has 2 aliphatic rings. The molecule has 0 N–H and O–H groups in total. The van der Waals surface area contributed by atoms with Crippen LogP contribution in [0.25, 0.3) is 15.2 Å². The molecule has 6 rings (SSSR count). The molecule has 47 heavy (non-hydrogen) atoms. The predicted octanol–water partition coefficient (Wildman–Crippen LogP) is 4.81. The van der Waals surface area contributed by atoms with E-state index in [4.69, 9.17) is 18.9 Å². The molecule has 2 saturated heterocycles. The topological polar surface area (TPSA) is 129 Å². The number of carbonyl (C=O) groups excluding carboxylic acids is 1. The molecule has 0 saturated carbocycles. The average molecular weight is 670 g/mol. The van der Waals surface area contributed by atoms with Gasteiger partial charge in [-0.25, -0.2) is 18.5 Å². The summed E-state index contributed by atoms with van der Waals surface area (Å²) in [7, 11) is 1.49. The molecule has 0 radical (unpaired) electrons. The van der Waals surface area contributed by atoms with Gasteiger partial charge in [0.1, 0.15) is 38.6 Å². The van der Waals surface area contributed by atoms with Gasteiger partial charge in [0.05, 0.1) is 49.7 Å². The number of fused-ring (bicyclic) bond motifs is 3. The first-order valence-corrected chi connectivity index (χ1v) is 16.5. The van der Waals surface area contributed by atoms with Crippen molar-refractivity contribution in [2.75, 3.05) is 7.11 Å². The fourth-order valence-corrected chi connectivity index (χ4v) is 7.70. The highest BCUT2D eigenvalue weighted by molar-refractivity contribution is 7.21. The van der Waals surface area contributed by atoms with Gasteiger partial charge in [-0.15, -0.1) is 4.80 Å². The second-order valence-electron chi connectivity index (χ2n) is 13.7. The fourth-order valence-electron chi connectivity index (χ4n) is 6.48. The van der Waals surface area contributed by atoms with Crippen molar-refractivity contribution in [2.45, 2.75) is 109 Å². The highest BCUT2D eigenvalue weighted by Crippen LogP contribution is 2.39. The van der Waals surface area contributed by atoms with Crippen LogP contribution in [0.15, 0.2) is 40.2 Å². The van der Waals surface area contributed by atoms with Gasteiger partial charge in [0, 0.05) is 11.1 Å². The quantitative estimate of drug-likeness (QED) is 0.231. The summed E-state index contributed by atoms with van der Waals surface area (Å²) >= 11 is 1.17. The lowest BCUT2D eigenvalue weighted by atomic mass is 10.0. The van der Waals surface area contributed by atoms with Crippen molar-refractivity contribution >= 4 is 27.5 Å². The monoisotopic (exact) mass is 669 g/mol. The van der Waals surface area contributed by atoms with Crippen molar-refractivity contribution in [3.8, 4) is 10.8 Å². The molecule has 14 heteroatoms. The Morgan fingerprint density at radius 3 is 2.38 bits per heavy atom. The highest BCUT2D eigenvalue weighted by Gasteiger charge is 2.40. The summed E-state index contributed by atoms with van der Waals surface area (Å²) in [6, 6.07) is 4.17. The Balaban J connectivity index is 1.56. The summed E-state index contributed by atoms with van der Waals surface area (Å²) in [6.07, 6.45) is 5.30. The van der Waals surface area contributed by atoms with Crippen LogP contribution in [0.4, 0.5) is 4.39 Å². The van der Waals surface area contributed by atoms with Gasteiger partial charge in [-0.3, -0.25) is 9.36 Å². The largest absolute Gasteiger partial charge is 0.496 e. The minimum atomic E-state index is -1.69. The molecule has 0 aliphatic carbocycles. The number of aryl methyl sites for hydroxylation is 1. The van der Waals surface area contributed by atoms with Crippen LogP contribution in [0.1, 0.15) is 77.5 Å². The normalized spacial score (nSPS) is 20.5. The summed E-state index contributed by atoms with van der Waals surface area (Å²) in [5, 5.41) is 9.27. The van der Waals surface area contributed by atoms with Crippen molar-refractivity contribution in [1.29, 1.82) is 0 Å². The molecular weight excluding hydrogens is 629 g/mol. The lowest BCUT2D eigenvalue weighted by Gasteiger charge is -2.33. The van der Waals surface area contributed by atoms with Gasteiger partial charge in [-0.05, 0) is 85.4 Å². The molecular formula is C33H40FN5O7S. The second-order valence-corrected chi connectivity index (χ2v) is 14.7. The van der Waals surface area contributed by atoms with E-state index in [2.05, 4.69) is 10.2 Å². The number of nitrogens with zero attached hydrogens (tertiary/aromatic N) is 5. The summed E-state index contributed by atoms with van der Waals surface area (Å²) < 4.78 is 41.3. The number of aromatic nitrogens is 5. The number of benzene rings is 1. The molecule has 4 atom stereocenters. The fraction of sp³-hybridized carbons (Fsp3) is 0.545. The maximum absolute atomic E-state index is 14.8. The smallest absolute Gasteiger partial charge is 0.333 e. The molecule has 2 bridgehead atoms. The molecule has 5 heterocycles. The Bertz CT molecular complexity index is 1910. The maximum atomic E-state index is 14.8. The van der Waals surface area contributed by atoms with Gasteiger partial charge in [0.15, 0.2) is 0 Å². The van der Waals surface area contributed by atoms with Gasteiger partial charge in [0.25, 0.3) is 5.56 Å². The molecule has 0 amide bonds. The third kappa shape index (κ3) is 6.25. The van der Waals surface area contributed by atoms with Crippen molar-refractivity contribution in [3.63, 3.8) is 0 Å². The second kappa shape index (κ2) is 12.3. The van der Waals surface area contributed by atoms with E-state index in [1.807, 2.05) is 0 Å². The van der Waals surface area contributed by atoms with Crippen molar-refractivity contribution in [3.05, 3.63) is 68.4 Å². The Morgan fingerprint density at radius 2 is 1.77 bits per heavy atom. The molecule has 0 spiro atoms. The van der Waals surface area contributed by atoms with Crippen LogP contribution in [-0.4, -0.2) is 61.1 Å². The third-order valence-corrected chi connectivity index (χ3v) is 10.0. The zero-order chi connectivity index (χ0) is 33.8. The SMILES string of the molecule is COc1ccc(F)cc1C(Cn1c(=O)n(C(C)(C)C(=O)OC(C)(C)C)c(=O)c2c(C)c(-n3nccn3)sc21)OC1C[C@H]2CC[C@@H](C1)O2. The van der Waals surface area contributed by atoms with Crippen molar-refractivity contribution in [2.24, 2.45) is 0 Å². The van der Waals surface area contributed by atoms with Crippen LogP contribution in [0.2, 0.25) is 0 Å². The van der Waals surface area contributed by atoms with Crippen LogP contribution in [0, 0.1) is 12.7 Å². The first-order chi connectivity index (χ1) is 22.2. The zero-order valence-corrected chi connectivity index (χ0v) is 28.4. The highest BCUT2D eigenvalue weighted by atomic mass is 32.1. The van der Waals surface area contributed by atoms with Gasteiger partial charge >= 0.3 is 11.7 Å². The number of carbonyl (C=O) groups is 1. The van der Waals surface area contributed by atoms with Gasteiger partial charge in [-0.1, -0.05) is 11.3 Å². The molecule has 3 aromatic heterocycles. The van der Waals surface area contributed by atoms with E-state index in [0.29, 0.717) is 39.5 Å². The molecule has 12 nitrogen and oxygen atoms in total. The number of thiophene rings is 1. The van der Waals surface area contributed by atoms with Gasteiger partial charge in [-0.2, -0.15) is 10.2 Å². The Morgan fingerprint density at radius 1 is 1.11 bits per heavy atom. The molecule has 4 aromatic rings. The molecule has 2 aliphatic heterocycles. The molecule has 252 valence electrons. The molecule has 2 unspecified atom stereocenters. The lowest BCUT2D eigenvalue weighted by molar-refractivity contribution is -0.164. The van der Waals surface area contributed by atoms with E-state index < -0.39 is 40.3 Å². The Hall–Kier alpha value is -3.88. The van der Waals surface area contributed by atoms with E-state index >= 15 is 0 Å². The van der Waals surface area contributed by atoms with Crippen LogP contribution in [-0.2, 0) is 31.1 Å². The average Bonchev–Trinajstić information content (AvgIpc) is 3.72. The number of esters is 1. The van der Waals surface area contributed by atoms with E-state index in [9.17, 15) is 18.8 Å². The summed E-state index contributed by atoms with van der Waals surface area (Å²) in [6.45, 7) is 9.76. The van der Waals surface area contributed by atoms with E-state index in [0.717, 1.165) is 17.4 Å². The minimum absolute atomic E-state index is 0.0730. The van der Waals surface area contributed by atoms with Crippen molar-refractivity contribution in [1.82, 2.24) is 24.1 Å². The van der Waals surface area contributed by atoms with Crippen LogP contribution >= 0.6 is 11.3 Å². The van der Waals surface area contributed by atoms with Crippen LogP contribution in [0.5, 0.6) is 5.75 Å². The van der Waals surface area contributed by atoms with E-state index in [1.54, 1.807) is 27.7 Å².